The second kappa shape index (κ2) is 11.8. The fourth-order valence-electron chi connectivity index (χ4n) is 4.65. The van der Waals surface area contributed by atoms with Crippen LogP contribution < -0.4 is 5.32 Å². The van der Waals surface area contributed by atoms with E-state index in [2.05, 4.69) is 5.32 Å². The highest BCUT2D eigenvalue weighted by atomic mass is 16.6. The van der Waals surface area contributed by atoms with E-state index < -0.39 is 17.7 Å². The third kappa shape index (κ3) is 7.21. The first-order valence-electron chi connectivity index (χ1n) is 12.9. The lowest BCUT2D eigenvalue weighted by Gasteiger charge is -2.37. The number of nitrogens with one attached hydrogen (secondary N) is 1. The molecule has 0 bridgehead atoms. The number of benzene rings is 1. The molecule has 2 heterocycles. The van der Waals surface area contributed by atoms with Gasteiger partial charge in [-0.3, -0.25) is 14.4 Å². The van der Waals surface area contributed by atoms with Crippen molar-refractivity contribution in [1.82, 2.24) is 20.0 Å². The molecule has 36 heavy (non-hydrogen) atoms. The Hall–Kier alpha value is -3.10. The largest absolute Gasteiger partial charge is 0.444 e. The van der Waals surface area contributed by atoms with Gasteiger partial charge in [-0.2, -0.15) is 0 Å². The van der Waals surface area contributed by atoms with Gasteiger partial charge in [0, 0.05) is 38.3 Å². The first-order valence-corrected chi connectivity index (χ1v) is 12.9. The summed E-state index contributed by atoms with van der Waals surface area (Å²) in [5.41, 5.74) is -0.0259. The number of hydrogen-bond acceptors (Lipinski definition) is 5. The molecule has 2 aliphatic heterocycles. The van der Waals surface area contributed by atoms with Gasteiger partial charge in [0.25, 0.3) is 5.91 Å². The molecule has 0 spiro atoms. The molecule has 2 fully saturated rings. The highest BCUT2D eigenvalue weighted by Gasteiger charge is 2.37. The van der Waals surface area contributed by atoms with Crippen LogP contribution in [0.25, 0.3) is 0 Å². The highest BCUT2D eigenvalue weighted by Crippen LogP contribution is 2.21. The fourth-order valence-corrected chi connectivity index (χ4v) is 4.65. The van der Waals surface area contributed by atoms with Gasteiger partial charge in [-0.05, 0) is 58.1 Å². The van der Waals surface area contributed by atoms with Crippen molar-refractivity contribution >= 4 is 23.8 Å². The molecule has 0 radical (unpaired) electrons. The predicted octanol–water partition coefficient (Wildman–Crippen LogP) is 2.90. The number of piperazine rings is 1. The molecule has 0 aliphatic carbocycles. The molecule has 1 aromatic carbocycles. The zero-order valence-electron chi connectivity index (χ0n) is 22.2. The van der Waals surface area contributed by atoms with Crippen LogP contribution in [0.3, 0.4) is 0 Å². The second-order valence-corrected chi connectivity index (χ2v) is 11.0. The number of nitrogens with zero attached hydrogens (tertiary/aromatic N) is 3. The molecule has 0 saturated carbocycles. The van der Waals surface area contributed by atoms with E-state index in [1.54, 1.807) is 39.0 Å². The molecule has 4 amide bonds. The maximum atomic E-state index is 13.4. The minimum absolute atomic E-state index is 0.153. The third-order valence-electron chi connectivity index (χ3n) is 6.40. The van der Waals surface area contributed by atoms with Crippen LogP contribution in [0.4, 0.5) is 4.79 Å². The van der Waals surface area contributed by atoms with E-state index in [9.17, 15) is 19.2 Å². The number of likely N-dealkylation sites (tertiary alicyclic amines) is 1. The first kappa shape index (κ1) is 27.5. The van der Waals surface area contributed by atoms with E-state index in [0.717, 1.165) is 6.42 Å². The molecule has 1 aromatic rings. The molecule has 9 nitrogen and oxygen atoms in total. The molecule has 3 rings (SSSR count). The van der Waals surface area contributed by atoms with Crippen molar-refractivity contribution in [3.63, 3.8) is 0 Å². The number of rotatable bonds is 6. The quantitative estimate of drug-likeness (QED) is 0.648. The number of hydrogen-bond donors (Lipinski definition) is 1. The van der Waals surface area contributed by atoms with Crippen molar-refractivity contribution in [3.05, 3.63) is 35.9 Å². The number of carbonyl (C=O) groups excluding carboxylic acids is 4. The van der Waals surface area contributed by atoms with Crippen LogP contribution in [-0.2, 0) is 14.3 Å². The second-order valence-electron chi connectivity index (χ2n) is 11.0. The van der Waals surface area contributed by atoms with Gasteiger partial charge in [0.2, 0.25) is 11.8 Å². The van der Waals surface area contributed by atoms with Crippen molar-refractivity contribution in [1.29, 1.82) is 0 Å². The van der Waals surface area contributed by atoms with E-state index in [-0.39, 0.29) is 29.7 Å². The Morgan fingerprint density at radius 1 is 0.972 bits per heavy atom. The molecule has 2 saturated heterocycles. The van der Waals surface area contributed by atoms with Crippen LogP contribution in [0, 0.1) is 5.92 Å². The van der Waals surface area contributed by atoms with E-state index in [0.29, 0.717) is 51.1 Å². The minimum atomic E-state index is -0.681. The summed E-state index contributed by atoms with van der Waals surface area (Å²) >= 11 is 0. The van der Waals surface area contributed by atoms with Gasteiger partial charge < -0.3 is 24.8 Å². The number of amides is 4. The first-order chi connectivity index (χ1) is 17.0. The van der Waals surface area contributed by atoms with Gasteiger partial charge in [-0.15, -0.1) is 0 Å². The number of ether oxygens (including phenoxy) is 1. The lowest BCUT2D eigenvalue weighted by Crippen LogP contribution is -2.58. The van der Waals surface area contributed by atoms with Crippen LogP contribution in [0.5, 0.6) is 0 Å². The standard InChI is InChI=1S/C27H40N4O5/c1-19(2)18-21(25(34)29-14-16-30(17-15-29)26(35)36-27(3,4)5)28-23(32)22-12-9-13-31(22)24(33)20-10-7-6-8-11-20/h6-8,10-11,19,21-22H,9,12-18H2,1-5H3,(H,28,32)/t21-,22-/m0/s1. The van der Waals surface area contributed by atoms with Crippen molar-refractivity contribution in [2.24, 2.45) is 5.92 Å². The molecule has 0 unspecified atom stereocenters. The fraction of sp³-hybridized carbons (Fsp3) is 0.630. The zero-order valence-corrected chi connectivity index (χ0v) is 22.2. The Morgan fingerprint density at radius 2 is 1.58 bits per heavy atom. The maximum absolute atomic E-state index is 13.4. The highest BCUT2D eigenvalue weighted by molar-refractivity contribution is 5.98. The smallest absolute Gasteiger partial charge is 0.410 e. The third-order valence-corrected chi connectivity index (χ3v) is 6.40. The SMILES string of the molecule is CC(C)C[C@H](NC(=O)[C@@H]1CCCN1C(=O)c1ccccc1)C(=O)N1CCN(C(=O)OC(C)(C)C)CC1. The summed E-state index contributed by atoms with van der Waals surface area (Å²) in [5.74, 6) is -0.422. The van der Waals surface area contributed by atoms with Gasteiger partial charge in [0.05, 0.1) is 0 Å². The van der Waals surface area contributed by atoms with E-state index >= 15 is 0 Å². The molecule has 198 valence electrons. The van der Waals surface area contributed by atoms with Crippen LogP contribution >= 0.6 is 0 Å². The Bertz CT molecular complexity index is 935. The minimum Gasteiger partial charge on any atom is -0.444 e. The van der Waals surface area contributed by atoms with Crippen LogP contribution in [-0.4, -0.2) is 88.9 Å². The van der Waals surface area contributed by atoms with Gasteiger partial charge >= 0.3 is 6.09 Å². The molecule has 2 aliphatic rings. The molecule has 0 aromatic heterocycles. The Morgan fingerprint density at radius 3 is 2.17 bits per heavy atom. The predicted molar refractivity (Wildman–Crippen MR) is 136 cm³/mol. The van der Waals surface area contributed by atoms with Crippen molar-refractivity contribution in [3.8, 4) is 0 Å². The maximum Gasteiger partial charge on any atom is 0.410 e. The molecule has 1 N–H and O–H groups in total. The zero-order chi connectivity index (χ0) is 26.5. The van der Waals surface area contributed by atoms with Gasteiger partial charge in [-0.25, -0.2) is 4.79 Å². The Balaban J connectivity index is 1.62. The average molecular weight is 501 g/mol. The normalized spacial score (nSPS) is 19.3. The summed E-state index contributed by atoms with van der Waals surface area (Å²) in [6.07, 6.45) is 1.43. The lowest BCUT2D eigenvalue weighted by atomic mass is 10.0. The van der Waals surface area contributed by atoms with Gasteiger partial charge in [0.15, 0.2) is 0 Å². The number of carbonyl (C=O) groups is 4. The van der Waals surface area contributed by atoms with Crippen LogP contribution in [0.15, 0.2) is 30.3 Å². The Kier molecular flexibility index (Phi) is 8.98. The van der Waals surface area contributed by atoms with Gasteiger partial charge in [-0.1, -0.05) is 32.0 Å². The van der Waals surface area contributed by atoms with Crippen molar-refractivity contribution in [2.45, 2.75) is 71.6 Å². The van der Waals surface area contributed by atoms with E-state index in [1.807, 2.05) is 40.7 Å². The van der Waals surface area contributed by atoms with Gasteiger partial charge in [0.1, 0.15) is 17.7 Å². The Labute approximate surface area is 214 Å². The summed E-state index contributed by atoms with van der Waals surface area (Å²) in [5, 5.41) is 2.96. The molecule has 2 atom stereocenters. The molecule has 9 heteroatoms. The van der Waals surface area contributed by atoms with Crippen molar-refractivity contribution in [2.75, 3.05) is 32.7 Å². The van der Waals surface area contributed by atoms with Crippen LogP contribution in [0.1, 0.15) is 64.2 Å². The van der Waals surface area contributed by atoms with E-state index in [1.165, 1.54) is 0 Å². The topological polar surface area (TPSA) is 99.3 Å². The monoisotopic (exact) mass is 500 g/mol. The molecular weight excluding hydrogens is 460 g/mol. The summed E-state index contributed by atoms with van der Waals surface area (Å²) in [7, 11) is 0. The summed E-state index contributed by atoms with van der Waals surface area (Å²) in [4.78, 5) is 57.0. The van der Waals surface area contributed by atoms with Crippen LogP contribution in [0.2, 0.25) is 0 Å². The van der Waals surface area contributed by atoms with E-state index in [4.69, 9.17) is 4.74 Å². The lowest BCUT2D eigenvalue weighted by molar-refractivity contribution is -0.139. The summed E-state index contributed by atoms with van der Waals surface area (Å²) in [6.45, 7) is 11.5. The van der Waals surface area contributed by atoms with Crippen molar-refractivity contribution < 1.29 is 23.9 Å². The molecular formula is C27H40N4O5. The average Bonchev–Trinajstić information content (AvgIpc) is 3.32. The summed E-state index contributed by atoms with van der Waals surface area (Å²) < 4.78 is 5.44. The summed E-state index contributed by atoms with van der Waals surface area (Å²) in [6, 6.07) is 7.68.